The second kappa shape index (κ2) is 6.32. The van der Waals surface area contributed by atoms with Gasteiger partial charge < -0.3 is 10.9 Å². The average Bonchev–Trinajstić information content (AvgIpc) is 2.47. The van der Waals surface area contributed by atoms with E-state index < -0.39 is 9.84 Å². The second-order valence-corrected chi connectivity index (χ2v) is 7.73. The monoisotopic (exact) mass is 434 g/mol. The molecule has 0 spiro atoms. The summed E-state index contributed by atoms with van der Waals surface area (Å²) in [6.07, 6.45) is 0. The van der Waals surface area contributed by atoms with Gasteiger partial charge in [0, 0.05) is 8.95 Å². The molecule has 0 saturated carbocycles. The largest absolute Gasteiger partial charge is 0.323 e. The number of halogens is 2. The Balaban J connectivity index is 2.51. The van der Waals surface area contributed by atoms with Crippen molar-refractivity contribution in [3.8, 4) is 0 Å². The van der Waals surface area contributed by atoms with Crippen LogP contribution in [0.1, 0.15) is 0 Å². The summed E-state index contributed by atoms with van der Waals surface area (Å²) in [7, 11) is -3.63. The maximum atomic E-state index is 12.6. The maximum absolute atomic E-state index is 12.6. The molecule has 112 valence electrons. The number of rotatable bonds is 4. The molecule has 0 aliphatic heterocycles. The van der Waals surface area contributed by atoms with Gasteiger partial charge in [0.15, 0.2) is 0 Å². The van der Waals surface area contributed by atoms with Gasteiger partial charge in [0.2, 0.25) is 9.84 Å². The van der Waals surface area contributed by atoms with Crippen LogP contribution in [-0.4, -0.2) is 8.42 Å². The molecule has 0 amide bonds. The molecule has 0 atom stereocenters. The van der Waals surface area contributed by atoms with E-state index in [0.29, 0.717) is 20.3 Å². The first-order valence-electron chi connectivity index (χ1n) is 5.67. The van der Waals surface area contributed by atoms with Gasteiger partial charge in [-0.2, -0.15) is 0 Å². The number of hydrogen-bond donors (Lipinski definition) is 4. The van der Waals surface area contributed by atoms with Gasteiger partial charge in [-0.05, 0) is 68.3 Å². The zero-order valence-corrected chi connectivity index (χ0v) is 14.6. The highest BCUT2D eigenvalue weighted by atomic mass is 79.9. The number of benzene rings is 2. The first-order valence-corrected chi connectivity index (χ1v) is 8.74. The normalized spacial score (nSPS) is 11.2. The topological polar surface area (TPSA) is 110 Å². The number of sulfone groups is 1. The Morgan fingerprint density at radius 2 is 1.19 bits per heavy atom. The van der Waals surface area contributed by atoms with Crippen molar-refractivity contribution in [2.75, 3.05) is 10.9 Å². The van der Waals surface area contributed by atoms with E-state index >= 15 is 0 Å². The van der Waals surface area contributed by atoms with Gasteiger partial charge in [0.1, 0.15) is 0 Å². The molecule has 0 radical (unpaired) electrons. The summed E-state index contributed by atoms with van der Waals surface area (Å²) in [6, 6.07) is 9.13. The molecule has 0 unspecified atom stereocenters. The molecule has 6 nitrogen and oxygen atoms in total. The van der Waals surface area contributed by atoms with E-state index in [0.717, 1.165) is 0 Å². The van der Waals surface area contributed by atoms with Crippen LogP contribution in [0.3, 0.4) is 0 Å². The number of nitrogens with one attached hydrogen (secondary N) is 2. The molecule has 0 aliphatic carbocycles. The molecule has 2 aromatic carbocycles. The summed E-state index contributed by atoms with van der Waals surface area (Å²) in [4.78, 5) is 0.322. The highest BCUT2D eigenvalue weighted by molar-refractivity contribution is 9.11. The molecule has 21 heavy (non-hydrogen) atoms. The zero-order chi connectivity index (χ0) is 15.6. The highest BCUT2D eigenvalue weighted by Gasteiger charge is 2.19. The summed E-state index contributed by atoms with van der Waals surface area (Å²) >= 11 is 6.53. The number of nitrogens with two attached hydrogens (primary N) is 2. The molecule has 2 aromatic rings. The van der Waals surface area contributed by atoms with Crippen molar-refractivity contribution in [3.63, 3.8) is 0 Å². The third-order valence-electron chi connectivity index (χ3n) is 2.81. The van der Waals surface area contributed by atoms with Gasteiger partial charge in [0.25, 0.3) is 0 Å². The third-order valence-corrected chi connectivity index (χ3v) is 5.87. The van der Waals surface area contributed by atoms with Crippen LogP contribution >= 0.6 is 31.9 Å². The average molecular weight is 436 g/mol. The molecule has 2 rings (SSSR count). The summed E-state index contributed by atoms with van der Waals surface area (Å²) < 4.78 is 26.3. The predicted molar refractivity (Wildman–Crippen MR) is 89.4 cm³/mol. The van der Waals surface area contributed by atoms with Crippen LogP contribution in [0.2, 0.25) is 0 Å². The summed E-state index contributed by atoms with van der Waals surface area (Å²) in [5, 5.41) is 0. The molecule has 6 N–H and O–H groups in total. The van der Waals surface area contributed by atoms with Crippen molar-refractivity contribution >= 4 is 53.1 Å². The lowest BCUT2D eigenvalue weighted by Gasteiger charge is -2.10. The van der Waals surface area contributed by atoms with Crippen LogP contribution < -0.4 is 22.5 Å². The maximum Gasteiger partial charge on any atom is 0.206 e. The van der Waals surface area contributed by atoms with Crippen molar-refractivity contribution in [2.24, 2.45) is 11.7 Å². The lowest BCUT2D eigenvalue weighted by Crippen LogP contribution is -2.09. The van der Waals surface area contributed by atoms with E-state index in [9.17, 15) is 8.42 Å². The Hall–Kier alpha value is -1.13. The lowest BCUT2D eigenvalue weighted by molar-refractivity contribution is 0.596. The Kier molecular flexibility index (Phi) is 4.89. The Morgan fingerprint density at radius 1 is 0.810 bits per heavy atom. The Labute approximate surface area is 139 Å². The number of hydrogen-bond acceptors (Lipinski definition) is 6. The van der Waals surface area contributed by atoms with Crippen molar-refractivity contribution in [1.82, 2.24) is 0 Å². The number of nitrogen functional groups attached to an aromatic ring is 2. The molecule has 0 fully saturated rings. The lowest BCUT2D eigenvalue weighted by atomic mass is 10.3. The Morgan fingerprint density at radius 3 is 1.48 bits per heavy atom. The first-order chi connectivity index (χ1) is 9.90. The smallest absolute Gasteiger partial charge is 0.206 e. The highest BCUT2D eigenvalue weighted by Crippen LogP contribution is 2.31. The minimum Gasteiger partial charge on any atom is -0.323 e. The molecule has 0 aliphatic rings. The fourth-order valence-corrected chi connectivity index (χ4v) is 4.30. The van der Waals surface area contributed by atoms with Crippen LogP contribution in [0.25, 0.3) is 0 Å². The van der Waals surface area contributed by atoms with E-state index in [1.807, 2.05) is 0 Å². The van der Waals surface area contributed by atoms with Gasteiger partial charge in [-0.3, -0.25) is 11.7 Å². The van der Waals surface area contributed by atoms with Crippen LogP contribution in [0, 0.1) is 0 Å². The van der Waals surface area contributed by atoms with Crippen LogP contribution in [0.15, 0.2) is 55.1 Å². The fourth-order valence-electron chi connectivity index (χ4n) is 1.70. The minimum atomic E-state index is -3.63. The van der Waals surface area contributed by atoms with E-state index in [4.69, 9.17) is 11.7 Å². The van der Waals surface area contributed by atoms with Gasteiger partial charge in [-0.15, -0.1) is 0 Å². The molecule has 9 heteroatoms. The van der Waals surface area contributed by atoms with Gasteiger partial charge in [-0.25, -0.2) is 8.42 Å². The van der Waals surface area contributed by atoms with E-state index in [1.165, 1.54) is 24.3 Å². The van der Waals surface area contributed by atoms with Crippen LogP contribution in [0.4, 0.5) is 11.4 Å². The van der Waals surface area contributed by atoms with Crippen molar-refractivity contribution in [1.29, 1.82) is 0 Å². The van der Waals surface area contributed by atoms with Crippen molar-refractivity contribution < 1.29 is 8.42 Å². The van der Waals surface area contributed by atoms with Gasteiger partial charge in [-0.1, -0.05) is 0 Å². The van der Waals surface area contributed by atoms with Gasteiger partial charge >= 0.3 is 0 Å². The molecule has 0 bridgehead atoms. The molecule has 0 saturated heterocycles. The first kappa shape index (κ1) is 16.2. The van der Waals surface area contributed by atoms with Gasteiger partial charge in [0.05, 0.1) is 21.2 Å². The summed E-state index contributed by atoms with van der Waals surface area (Å²) in [5.74, 6) is 10.6. The predicted octanol–water partition coefficient (Wildman–Crippen LogP) is 2.62. The van der Waals surface area contributed by atoms with Crippen molar-refractivity contribution in [2.45, 2.75) is 9.79 Å². The van der Waals surface area contributed by atoms with E-state index in [2.05, 4.69) is 42.7 Å². The Bertz CT molecular complexity index is 721. The van der Waals surface area contributed by atoms with Crippen LogP contribution in [-0.2, 0) is 9.84 Å². The molecule has 0 aromatic heterocycles. The third kappa shape index (κ3) is 3.22. The summed E-state index contributed by atoms with van der Waals surface area (Å²) in [6.45, 7) is 0. The van der Waals surface area contributed by atoms with E-state index in [1.54, 1.807) is 12.1 Å². The molecular weight excluding hydrogens is 424 g/mol. The van der Waals surface area contributed by atoms with Crippen LogP contribution in [0.5, 0.6) is 0 Å². The second-order valence-electron chi connectivity index (χ2n) is 4.08. The van der Waals surface area contributed by atoms with E-state index in [-0.39, 0.29) is 9.79 Å². The number of anilines is 2. The minimum absolute atomic E-state index is 0.161. The fraction of sp³-hybridized carbons (Fsp3) is 0. The zero-order valence-electron chi connectivity index (χ0n) is 10.6. The summed E-state index contributed by atoms with van der Waals surface area (Å²) in [5.41, 5.74) is 6.12. The quantitative estimate of drug-likeness (QED) is 0.434. The molecular formula is C12H12Br2N4O2S. The SMILES string of the molecule is NNc1ccc(S(=O)(=O)c2ccc(NN)c(Br)c2)cc1Br. The standard InChI is InChI=1S/C12H12Br2N4O2S/c13-9-5-7(1-3-11(9)17-15)21(19,20)8-2-4-12(18-16)10(14)6-8/h1-6,17-18H,15-16H2. The number of hydrazine groups is 2. The van der Waals surface area contributed by atoms with Crippen molar-refractivity contribution in [3.05, 3.63) is 45.3 Å². The molecule has 0 heterocycles.